The van der Waals surface area contributed by atoms with E-state index in [9.17, 15) is 0 Å². The summed E-state index contributed by atoms with van der Waals surface area (Å²) >= 11 is 1.92. The van der Waals surface area contributed by atoms with Gasteiger partial charge in [0.2, 0.25) is 0 Å². The lowest BCUT2D eigenvalue weighted by atomic mass is 10.0. The molecule has 1 fully saturated rings. The second kappa shape index (κ2) is 6.37. The number of ether oxygens (including phenoxy) is 1. The van der Waals surface area contributed by atoms with Crippen molar-refractivity contribution in [3.05, 3.63) is 0 Å². The first kappa shape index (κ1) is 12.8. The quantitative estimate of drug-likeness (QED) is 0.721. The number of rotatable bonds is 7. The van der Waals surface area contributed by atoms with Crippen molar-refractivity contribution < 1.29 is 4.74 Å². The first-order valence-electron chi connectivity index (χ1n) is 5.56. The lowest BCUT2D eigenvalue weighted by Gasteiger charge is -2.27. The van der Waals surface area contributed by atoms with E-state index in [4.69, 9.17) is 10.00 Å². The van der Waals surface area contributed by atoms with Gasteiger partial charge in [0.15, 0.2) is 0 Å². The van der Waals surface area contributed by atoms with E-state index >= 15 is 0 Å². The van der Waals surface area contributed by atoms with Crippen molar-refractivity contribution in [1.29, 1.82) is 5.26 Å². The number of nitrogens with one attached hydrogen (secondary N) is 1. The fourth-order valence-corrected chi connectivity index (χ4v) is 2.57. The van der Waals surface area contributed by atoms with Gasteiger partial charge in [-0.25, -0.2) is 0 Å². The van der Waals surface area contributed by atoms with Crippen LogP contribution in [0.15, 0.2) is 0 Å². The zero-order valence-corrected chi connectivity index (χ0v) is 10.4. The van der Waals surface area contributed by atoms with E-state index in [2.05, 4.69) is 18.3 Å². The molecule has 1 N–H and O–H groups in total. The lowest BCUT2D eigenvalue weighted by Crippen LogP contribution is -2.42. The van der Waals surface area contributed by atoms with E-state index < -0.39 is 0 Å². The molecule has 0 spiro atoms. The Hall–Kier alpha value is -0.240. The number of hydrogen-bond donors (Lipinski definition) is 1. The summed E-state index contributed by atoms with van der Waals surface area (Å²) in [5.74, 6) is 1.04. The molecule has 1 aliphatic rings. The monoisotopic (exact) mass is 228 g/mol. The van der Waals surface area contributed by atoms with Crippen LogP contribution in [0.5, 0.6) is 0 Å². The zero-order chi connectivity index (χ0) is 11.1. The number of hydrogen-bond acceptors (Lipinski definition) is 4. The summed E-state index contributed by atoms with van der Waals surface area (Å²) in [7, 11) is 0. The molecule has 1 rings (SSSR count). The molecule has 86 valence electrons. The van der Waals surface area contributed by atoms with E-state index in [1.165, 1.54) is 0 Å². The van der Waals surface area contributed by atoms with Crippen molar-refractivity contribution in [2.45, 2.75) is 37.5 Å². The highest BCUT2D eigenvalue weighted by Gasteiger charge is 2.24. The predicted octanol–water partition coefficient (Wildman–Crippen LogP) is 1.79. The van der Waals surface area contributed by atoms with Crippen molar-refractivity contribution in [3.8, 4) is 6.07 Å². The average molecular weight is 228 g/mol. The van der Waals surface area contributed by atoms with Crippen LogP contribution in [0.25, 0.3) is 0 Å². The highest BCUT2D eigenvalue weighted by Crippen LogP contribution is 2.22. The van der Waals surface area contributed by atoms with E-state index in [1.807, 2.05) is 18.7 Å². The molecule has 0 aliphatic carbocycles. The summed E-state index contributed by atoms with van der Waals surface area (Å²) in [5.41, 5.74) is -0.354. The second-order valence-corrected chi connectivity index (χ2v) is 5.56. The fourth-order valence-electron chi connectivity index (χ4n) is 1.32. The molecule has 1 heterocycles. The van der Waals surface area contributed by atoms with Crippen molar-refractivity contribution in [3.63, 3.8) is 0 Å². The van der Waals surface area contributed by atoms with Crippen molar-refractivity contribution in [1.82, 2.24) is 5.32 Å². The van der Waals surface area contributed by atoms with Gasteiger partial charge in [-0.15, -0.1) is 0 Å². The van der Waals surface area contributed by atoms with Crippen LogP contribution in [-0.4, -0.2) is 36.3 Å². The summed E-state index contributed by atoms with van der Waals surface area (Å²) in [4.78, 5) is 0. The number of nitriles is 1. The van der Waals surface area contributed by atoms with Crippen LogP contribution in [0, 0.1) is 11.3 Å². The maximum Gasteiger partial charge on any atom is 0.104 e. The van der Waals surface area contributed by atoms with Gasteiger partial charge in [-0.3, -0.25) is 5.32 Å². The maximum absolute atomic E-state index is 9.10. The third-order valence-electron chi connectivity index (χ3n) is 2.58. The summed E-state index contributed by atoms with van der Waals surface area (Å²) in [5, 5.41) is 13.1. The summed E-state index contributed by atoms with van der Waals surface area (Å²) in [6.45, 7) is 6.79. The summed E-state index contributed by atoms with van der Waals surface area (Å²) in [6.07, 6.45) is 1.98. The van der Waals surface area contributed by atoms with Gasteiger partial charge in [-0.05, 0) is 32.1 Å². The van der Waals surface area contributed by atoms with Gasteiger partial charge in [0.1, 0.15) is 5.54 Å². The molecule has 0 aromatic rings. The molecular formula is C11H20N2OS. The molecule has 1 atom stereocenters. The standard InChI is InChI=1S/C11H20N2OS/c1-3-5-13-11(2,9-12)4-6-15-10-7-14-8-10/h10,13H,3-8H2,1-2H3. The Morgan fingerprint density at radius 2 is 2.33 bits per heavy atom. The molecule has 0 aromatic heterocycles. The third-order valence-corrected chi connectivity index (χ3v) is 3.76. The van der Waals surface area contributed by atoms with Gasteiger partial charge in [-0.2, -0.15) is 17.0 Å². The predicted molar refractivity (Wildman–Crippen MR) is 64.0 cm³/mol. The van der Waals surface area contributed by atoms with Crippen LogP contribution < -0.4 is 5.32 Å². The van der Waals surface area contributed by atoms with Gasteiger partial charge < -0.3 is 4.74 Å². The maximum atomic E-state index is 9.10. The topological polar surface area (TPSA) is 45.0 Å². The molecule has 1 aliphatic heterocycles. The molecule has 0 saturated carbocycles. The van der Waals surface area contributed by atoms with Crippen molar-refractivity contribution in [2.24, 2.45) is 0 Å². The van der Waals surface area contributed by atoms with Crippen LogP contribution in [-0.2, 0) is 4.74 Å². The lowest BCUT2D eigenvalue weighted by molar-refractivity contribution is 0.0455. The third kappa shape index (κ3) is 4.42. The van der Waals surface area contributed by atoms with Crippen molar-refractivity contribution in [2.75, 3.05) is 25.5 Å². The highest BCUT2D eigenvalue weighted by molar-refractivity contribution is 8.00. The van der Waals surface area contributed by atoms with Crippen LogP contribution in [0.4, 0.5) is 0 Å². The molecule has 3 nitrogen and oxygen atoms in total. The van der Waals surface area contributed by atoms with Gasteiger partial charge in [0.05, 0.1) is 24.5 Å². The first-order valence-corrected chi connectivity index (χ1v) is 6.60. The van der Waals surface area contributed by atoms with Gasteiger partial charge in [0, 0.05) is 0 Å². The Balaban J connectivity index is 2.16. The van der Waals surface area contributed by atoms with Gasteiger partial charge >= 0.3 is 0 Å². The molecule has 4 heteroatoms. The SMILES string of the molecule is CCCNC(C)(C#N)CCSC1COC1. The van der Waals surface area contributed by atoms with Crippen molar-refractivity contribution >= 4 is 11.8 Å². The Labute approximate surface area is 96.6 Å². The molecule has 0 bridgehead atoms. The van der Waals surface area contributed by atoms with E-state index in [-0.39, 0.29) is 5.54 Å². The Morgan fingerprint density at radius 1 is 1.60 bits per heavy atom. The van der Waals surface area contributed by atoms with Crippen LogP contribution in [0.2, 0.25) is 0 Å². The Bertz CT molecular complexity index is 225. The van der Waals surface area contributed by atoms with Crippen LogP contribution >= 0.6 is 11.8 Å². The second-order valence-electron chi connectivity index (χ2n) is 4.15. The minimum absolute atomic E-state index is 0.354. The van der Waals surface area contributed by atoms with Gasteiger partial charge in [0.25, 0.3) is 0 Å². The molecule has 1 saturated heterocycles. The van der Waals surface area contributed by atoms with E-state index in [0.717, 1.165) is 38.4 Å². The zero-order valence-electron chi connectivity index (χ0n) is 9.58. The molecule has 0 amide bonds. The highest BCUT2D eigenvalue weighted by atomic mass is 32.2. The molecule has 1 unspecified atom stereocenters. The summed E-state index contributed by atoms with van der Waals surface area (Å²) in [6, 6.07) is 2.37. The first-order chi connectivity index (χ1) is 7.20. The number of thioether (sulfide) groups is 1. The normalized spacial score (nSPS) is 20.3. The Kier molecular flexibility index (Phi) is 5.44. The van der Waals surface area contributed by atoms with Crippen LogP contribution in [0.3, 0.4) is 0 Å². The minimum Gasteiger partial charge on any atom is -0.379 e. The molecular weight excluding hydrogens is 208 g/mol. The van der Waals surface area contributed by atoms with Crippen LogP contribution in [0.1, 0.15) is 26.7 Å². The fraction of sp³-hybridized carbons (Fsp3) is 0.909. The molecule has 15 heavy (non-hydrogen) atoms. The largest absolute Gasteiger partial charge is 0.379 e. The Morgan fingerprint density at radius 3 is 2.80 bits per heavy atom. The number of nitrogens with zero attached hydrogens (tertiary/aromatic N) is 1. The summed E-state index contributed by atoms with van der Waals surface area (Å²) < 4.78 is 5.11. The smallest absolute Gasteiger partial charge is 0.104 e. The van der Waals surface area contributed by atoms with E-state index in [1.54, 1.807) is 0 Å². The minimum atomic E-state index is -0.354. The molecule has 0 radical (unpaired) electrons. The van der Waals surface area contributed by atoms with E-state index in [0.29, 0.717) is 5.25 Å². The average Bonchev–Trinajstić information content (AvgIpc) is 2.19. The van der Waals surface area contributed by atoms with Gasteiger partial charge in [-0.1, -0.05) is 6.92 Å². The molecule has 0 aromatic carbocycles.